The number of phenols is 1. The number of nitrogens with zero attached hydrogens (tertiary/aromatic N) is 1. The van der Waals surface area contributed by atoms with Crippen LogP contribution in [0.25, 0.3) is 6.08 Å². The van der Waals surface area contributed by atoms with E-state index in [2.05, 4.69) is 0 Å². The Kier molecular flexibility index (Phi) is 5.48. The van der Waals surface area contributed by atoms with Crippen molar-refractivity contribution in [2.45, 2.75) is 6.92 Å². The summed E-state index contributed by atoms with van der Waals surface area (Å²) >= 11 is 6.47. The Morgan fingerprint density at radius 1 is 1.26 bits per heavy atom. The highest BCUT2D eigenvalue weighted by molar-refractivity contribution is 8.27. The fraction of sp³-hybridized carbons (Fsp3) is 0.105. The van der Waals surface area contributed by atoms with Crippen molar-refractivity contribution in [1.29, 1.82) is 0 Å². The quantitative estimate of drug-likeness (QED) is 0.580. The zero-order chi connectivity index (χ0) is 19.6. The maximum absolute atomic E-state index is 12.8. The summed E-state index contributed by atoms with van der Waals surface area (Å²) in [7, 11) is 0. The topological polar surface area (TPSA) is 87.1 Å². The molecule has 0 unspecified atom stereocenters. The second-order valence-corrected chi connectivity index (χ2v) is 7.21. The number of rotatable bonds is 5. The second kappa shape index (κ2) is 7.81. The van der Waals surface area contributed by atoms with Gasteiger partial charge in [-0.15, -0.1) is 0 Å². The molecule has 2 N–H and O–H groups in total. The van der Waals surface area contributed by atoms with Crippen molar-refractivity contribution in [2.24, 2.45) is 0 Å². The van der Waals surface area contributed by atoms with E-state index in [1.165, 1.54) is 23.1 Å². The SMILES string of the molecule is CCOc1cc(/C=C2/SC(=S)N(c3ccc(C(=O)O)cc3)C2=O)ccc1O. The van der Waals surface area contributed by atoms with Crippen molar-refractivity contribution >= 4 is 51.9 Å². The number of hydrogen-bond donors (Lipinski definition) is 2. The van der Waals surface area contributed by atoms with Gasteiger partial charge in [0.2, 0.25) is 0 Å². The number of aromatic carboxylic acids is 1. The Balaban J connectivity index is 1.88. The number of amides is 1. The Morgan fingerprint density at radius 2 is 1.96 bits per heavy atom. The Bertz CT molecular complexity index is 953. The molecule has 8 heteroatoms. The highest BCUT2D eigenvalue weighted by atomic mass is 32.2. The molecule has 0 aliphatic carbocycles. The van der Waals surface area contributed by atoms with Crippen LogP contribution in [0.2, 0.25) is 0 Å². The molecule has 1 amide bonds. The van der Waals surface area contributed by atoms with E-state index < -0.39 is 5.97 Å². The molecule has 1 aliphatic rings. The first kappa shape index (κ1) is 18.9. The van der Waals surface area contributed by atoms with Gasteiger partial charge in [0.05, 0.1) is 22.8 Å². The first-order chi connectivity index (χ1) is 12.9. The first-order valence-electron chi connectivity index (χ1n) is 7.98. The van der Waals surface area contributed by atoms with Gasteiger partial charge in [-0.25, -0.2) is 4.79 Å². The molecular formula is C19H15NO5S2. The van der Waals surface area contributed by atoms with Crippen LogP contribution < -0.4 is 9.64 Å². The number of carboxylic acid groups (broad SMARTS) is 1. The van der Waals surface area contributed by atoms with E-state index in [-0.39, 0.29) is 17.2 Å². The molecule has 0 atom stereocenters. The van der Waals surface area contributed by atoms with Gasteiger partial charge in [0.25, 0.3) is 5.91 Å². The van der Waals surface area contributed by atoms with Gasteiger partial charge >= 0.3 is 5.97 Å². The number of anilines is 1. The molecule has 2 aromatic carbocycles. The predicted molar refractivity (Wildman–Crippen MR) is 108 cm³/mol. The molecule has 0 aromatic heterocycles. The van der Waals surface area contributed by atoms with Gasteiger partial charge in [-0.2, -0.15) is 0 Å². The molecule has 2 aromatic rings. The normalized spacial score (nSPS) is 15.4. The third kappa shape index (κ3) is 3.96. The summed E-state index contributed by atoms with van der Waals surface area (Å²) in [5, 5.41) is 18.8. The lowest BCUT2D eigenvalue weighted by Crippen LogP contribution is -2.27. The van der Waals surface area contributed by atoms with Crippen LogP contribution in [0.4, 0.5) is 5.69 Å². The molecule has 1 fully saturated rings. The van der Waals surface area contributed by atoms with Crippen molar-refractivity contribution in [3.63, 3.8) is 0 Å². The standard InChI is InChI=1S/C19H15NO5S2/c1-2-25-15-9-11(3-8-14(15)21)10-16-17(22)20(19(26)27-16)13-6-4-12(5-7-13)18(23)24/h3-10,21H,2H2,1H3,(H,23,24)/b16-10+. The molecule has 138 valence electrons. The third-order valence-electron chi connectivity index (χ3n) is 3.75. The number of phenolic OH excluding ortho intramolecular Hbond substituents is 1. The van der Waals surface area contributed by atoms with Gasteiger partial charge in [-0.3, -0.25) is 9.69 Å². The average molecular weight is 401 g/mol. The molecule has 1 saturated heterocycles. The largest absolute Gasteiger partial charge is 0.504 e. The van der Waals surface area contributed by atoms with Crippen LogP contribution in [0.5, 0.6) is 11.5 Å². The second-order valence-electron chi connectivity index (χ2n) is 5.53. The fourth-order valence-electron chi connectivity index (χ4n) is 2.49. The van der Waals surface area contributed by atoms with Crippen molar-refractivity contribution < 1.29 is 24.5 Å². The summed E-state index contributed by atoms with van der Waals surface area (Å²) in [4.78, 5) is 25.5. The predicted octanol–water partition coefficient (Wildman–Crippen LogP) is 3.89. The lowest BCUT2D eigenvalue weighted by atomic mass is 10.1. The highest BCUT2D eigenvalue weighted by Gasteiger charge is 2.33. The van der Waals surface area contributed by atoms with Crippen molar-refractivity contribution in [2.75, 3.05) is 11.5 Å². The molecule has 3 rings (SSSR count). The van der Waals surface area contributed by atoms with Crippen molar-refractivity contribution in [3.8, 4) is 11.5 Å². The minimum atomic E-state index is -1.04. The van der Waals surface area contributed by atoms with E-state index >= 15 is 0 Å². The maximum Gasteiger partial charge on any atom is 0.335 e. The number of thiocarbonyl (C=S) groups is 1. The van der Waals surface area contributed by atoms with Crippen LogP contribution in [-0.2, 0) is 4.79 Å². The number of hydrogen-bond acceptors (Lipinski definition) is 6. The first-order valence-corrected chi connectivity index (χ1v) is 9.20. The van der Waals surface area contributed by atoms with Crippen LogP contribution in [-0.4, -0.2) is 33.0 Å². The van der Waals surface area contributed by atoms with Crippen LogP contribution >= 0.6 is 24.0 Å². The number of carbonyl (C=O) groups excluding carboxylic acids is 1. The zero-order valence-electron chi connectivity index (χ0n) is 14.2. The number of carbonyl (C=O) groups is 2. The molecule has 0 bridgehead atoms. The Morgan fingerprint density at radius 3 is 2.59 bits per heavy atom. The van der Waals surface area contributed by atoms with E-state index in [9.17, 15) is 14.7 Å². The number of carboxylic acids is 1. The third-order valence-corrected chi connectivity index (χ3v) is 5.05. The van der Waals surface area contributed by atoms with Gasteiger partial charge < -0.3 is 14.9 Å². The van der Waals surface area contributed by atoms with E-state index in [1.54, 1.807) is 30.3 Å². The van der Waals surface area contributed by atoms with E-state index in [1.807, 2.05) is 6.92 Å². The Labute approximate surface area is 165 Å². The van der Waals surface area contributed by atoms with Crippen molar-refractivity contribution in [3.05, 3.63) is 58.5 Å². The Hall–Kier alpha value is -2.84. The van der Waals surface area contributed by atoms with Gasteiger partial charge in [-0.1, -0.05) is 30.0 Å². The van der Waals surface area contributed by atoms with Gasteiger partial charge in [0, 0.05) is 0 Å². The van der Waals surface area contributed by atoms with Crippen LogP contribution in [0.3, 0.4) is 0 Å². The zero-order valence-corrected chi connectivity index (χ0v) is 15.8. The molecule has 1 heterocycles. The van der Waals surface area contributed by atoms with Gasteiger partial charge in [0.15, 0.2) is 15.8 Å². The fourth-order valence-corrected chi connectivity index (χ4v) is 3.79. The molecule has 0 spiro atoms. The van der Waals surface area contributed by atoms with Gasteiger partial charge in [-0.05, 0) is 55.0 Å². The van der Waals surface area contributed by atoms with E-state index in [0.717, 1.165) is 11.8 Å². The molecule has 6 nitrogen and oxygen atoms in total. The summed E-state index contributed by atoms with van der Waals surface area (Å²) in [5.41, 5.74) is 1.33. The monoisotopic (exact) mass is 401 g/mol. The van der Waals surface area contributed by atoms with E-state index in [4.69, 9.17) is 22.1 Å². The molecular weight excluding hydrogens is 386 g/mol. The lowest BCUT2D eigenvalue weighted by molar-refractivity contribution is -0.113. The van der Waals surface area contributed by atoms with Crippen LogP contribution in [0, 0.1) is 0 Å². The lowest BCUT2D eigenvalue weighted by Gasteiger charge is -2.14. The highest BCUT2D eigenvalue weighted by Crippen LogP contribution is 2.37. The summed E-state index contributed by atoms with van der Waals surface area (Å²) in [6.07, 6.45) is 1.67. The van der Waals surface area contributed by atoms with Crippen LogP contribution in [0.15, 0.2) is 47.4 Å². The maximum atomic E-state index is 12.8. The smallest absolute Gasteiger partial charge is 0.335 e. The van der Waals surface area contributed by atoms with E-state index in [0.29, 0.717) is 32.8 Å². The number of thioether (sulfide) groups is 1. The molecule has 0 saturated carbocycles. The number of ether oxygens (including phenoxy) is 1. The minimum Gasteiger partial charge on any atom is -0.504 e. The van der Waals surface area contributed by atoms with Crippen molar-refractivity contribution in [1.82, 2.24) is 0 Å². The minimum absolute atomic E-state index is 0.0278. The average Bonchev–Trinajstić information content (AvgIpc) is 2.91. The van der Waals surface area contributed by atoms with Gasteiger partial charge in [0.1, 0.15) is 0 Å². The number of benzene rings is 2. The molecule has 0 radical (unpaired) electrons. The summed E-state index contributed by atoms with van der Waals surface area (Å²) in [6.45, 7) is 2.22. The van der Waals surface area contributed by atoms with Crippen LogP contribution in [0.1, 0.15) is 22.8 Å². The summed E-state index contributed by atoms with van der Waals surface area (Å²) in [5.74, 6) is -0.963. The molecule has 27 heavy (non-hydrogen) atoms. The molecule has 1 aliphatic heterocycles. The summed E-state index contributed by atoms with van der Waals surface area (Å²) in [6, 6.07) is 10.8. The summed E-state index contributed by atoms with van der Waals surface area (Å²) < 4.78 is 5.71. The number of aromatic hydroxyl groups is 1.